The molecule has 4 aromatic rings. The Labute approximate surface area is 260 Å². The average Bonchev–Trinajstić information content (AvgIpc) is 3.76. The number of hydrogen-bond donors (Lipinski definition) is 1. The lowest BCUT2D eigenvalue weighted by Crippen LogP contribution is -2.73. The summed E-state index contributed by atoms with van der Waals surface area (Å²) in [4.78, 5) is 40.8. The number of aromatic nitrogens is 2. The number of nitrogens with one attached hydrogen (secondary N) is 1. The maximum absolute atomic E-state index is 15.8. The second-order valence-corrected chi connectivity index (χ2v) is 13.2. The quantitative estimate of drug-likeness (QED) is 0.350. The number of likely N-dealkylation sites (tertiary alicyclic amines) is 1. The largest absolute Gasteiger partial charge is 0.381 e. The van der Waals surface area contributed by atoms with Gasteiger partial charge in [0.15, 0.2) is 10.9 Å². The molecule has 4 aliphatic rings. The zero-order valence-corrected chi connectivity index (χ0v) is 25.1. The highest BCUT2D eigenvalue weighted by molar-refractivity contribution is 7.16. The van der Waals surface area contributed by atoms with Crippen LogP contribution in [0.4, 0.5) is 25.3 Å². The summed E-state index contributed by atoms with van der Waals surface area (Å²) >= 11 is 1.16. The van der Waals surface area contributed by atoms with Crippen LogP contribution in [0, 0.1) is 34.3 Å². The number of anilines is 3. The third-order valence-corrected chi connectivity index (χ3v) is 10.3. The lowest BCUT2D eigenvalue weighted by molar-refractivity contribution is -0.149. The first-order valence-electron chi connectivity index (χ1n) is 14.7. The van der Waals surface area contributed by atoms with E-state index in [4.69, 9.17) is 9.72 Å². The predicted octanol–water partition coefficient (Wildman–Crippen LogP) is 4.20. The van der Waals surface area contributed by atoms with Crippen LogP contribution in [-0.4, -0.2) is 73.1 Å². The molecule has 0 bridgehead atoms. The van der Waals surface area contributed by atoms with Crippen molar-refractivity contribution in [2.24, 2.45) is 11.3 Å². The number of rotatable bonds is 5. The summed E-state index contributed by atoms with van der Waals surface area (Å²) in [7, 11) is 1.77. The van der Waals surface area contributed by atoms with Crippen molar-refractivity contribution in [2.45, 2.75) is 13.0 Å². The number of fused-ring (bicyclic) bond motifs is 2. The van der Waals surface area contributed by atoms with Crippen LogP contribution >= 0.6 is 11.3 Å². The van der Waals surface area contributed by atoms with Gasteiger partial charge in [0.2, 0.25) is 5.91 Å². The molecule has 228 valence electrons. The molecule has 4 aliphatic heterocycles. The van der Waals surface area contributed by atoms with E-state index in [2.05, 4.69) is 21.3 Å². The van der Waals surface area contributed by atoms with Crippen LogP contribution in [0.3, 0.4) is 0 Å². The molecule has 0 saturated carbocycles. The topological polar surface area (TPSA) is 115 Å². The summed E-state index contributed by atoms with van der Waals surface area (Å²) in [5, 5.41) is 13.7. The molecule has 0 unspecified atom stereocenters. The molecule has 1 N–H and O–H groups in total. The molecular formula is C32H27F2N7O3S. The molecule has 2 aromatic heterocycles. The monoisotopic (exact) mass is 627 g/mol. The van der Waals surface area contributed by atoms with Gasteiger partial charge in [-0.05, 0) is 42.8 Å². The third-order valence-electron chi connectivity index (χ3n) is 9.26. The van der Waals surface area contributed by atoms with Crippen LogP contribution < -0.4 is 15.1 Å². The minimum absolute atomic E-state index is 0.00195. The van der Waals surface area contributed by atoms with Crippen LogP contribution in [0.25, 0.3) is 22.2 Å². The van der Waals surface area contributed by atoms with Gasteiger partial charge < -0.3 is 24.8 Å². The number of benzene rings is 2. The van der Waals surface area contributed by atoms with Crippen LogP contribution in [0.5, 0.6) is 0 Å². The van der Waals surface area contributed by atoms with E-state index in [0.29, 0.717) is 83.0 Å². The smallest absolute Gasteiger partial charge is 0.270 e. The minimum Gasteiger partial charge on any atom is -0.381 e. The zero-order chi connectivity index (χ0) is 31.0. The number of nitrogens with zero attached hydrogens (tertiary/aromatic N) is 6. The van der Waals surface area contributed by atoms with Crippen LogP contribution in [0.1, 0.15) is 27.3 Å². The Kier molecular flexibility index (Phi) is 6.30. The molecule has 13 heteroatoms. The highest BCUT2D eigenvalue weighted by Crippen LogP contribution is 2.46. The molecule has 45 heavy (non-hydrogen) atoms. The van der Waals surface area contributed by atoms with Gasteiger partial charge in [-0.1, -0.05) is 11.3 Å². The molecule has 8 rings (SSSR count). The Morgan fingerprint density at radius 2 is 1.93 bits per heavy atom. The molecular weight excluding hydrogens is 600 g/mol. The van der Waals surface area contributed by atoms with E-state index in [9.17, 15) is 19.2 Å². The van der Waals surface area contributed by atoms with E-state index in [-0.39, 0.29) is 40.9 Å². The Bertz CT molecular complexity index is 1940. The normalized spacial score (nSPS) is 19.7. The Morgan fingerprint density at radius 1 is 1.16 bits per heavy atom. The first-order chi connectivity index (χ1) is 21.7. The second-order valence-electron chi connectivity index (χ2n) is 12.3. The summed E-state index contributed by atoms with van der Waals surface area (Å²) in [6, 6.07) is 11.3. The number of ether oxygens (including phenoxy) is 1. The van der Waals surface area contributed by atoms with Gasteiger partial charge in [0.05, 0.1) is 18.2 Å². The molecule has 3 fully saturated rings. The van der Waals surface area contributed by atoms with Gasteiger partial charge in [-0.3, -0.25) is 9.59 Å². The van der Waals surface area contributed by atoms with Gasteiger partial charge in [-0.15, -0.1) is 0 Å². The van der Waals surface area contributed by atoms with Crippen molar-refractivity contribution in [2.75, 3.05) is 56.2 Å². The van der Waals surface area contributed by atoms with E-state index in [0.717, 1.165) is 17.8 Å². The summed E-state index contributed by atoms with van der Waals surface area (Å²) in [6.45, 7) is 4.12. The van der Waals surface area contributed by atoms with Crippen molar-refractivity contribution in [1.29, 1.82) is 5.26 Å². The van der Waals surface area contributed by atoms with Crippen molar-refractivity contribution in [3.63, 3.8) is 0 Å². The van der Waals surface area contributed by atoms with Crippen LogP contribution in [-0.2, 0) is 16.1 Å². The number of carbonyl (C=O) groups excluding carboxylic acids is 2. The molecule has 3 saturated heterocycles. The minimum atomic E-state index is -0.545. The molecule has 1 spiro atoms. The highest BCUT2D eigenvalue weighted by atomic mass is 32.1. The van der Waals surface area contributed by atoms with Crippen molar-refractivity contribution < 1.29 is 23.1 Å². The average molecular weight is 628 g/mol. The fourth-order valence-electron chi connectivity index (χ4n) is 6.99. The number of carbonyl (C=O) groups is 2. The highest BCUT2D eigenvalue weighted by Gasteiger charge is 2.54. The SMILES string of the molecule is CN(c1nc(-c2ccc(F)cc2)c(C#N)s1)c1c2c(nc3c(F)cc(N4CC5(CN(C(=O)[C@H]6CCOC6)C5)C4)cc13)C(=O)NC2. The first-order valence-corrected chi connectivity index (χ1v) is 15.5. The van der Waals surface area contributed by atoms with E-state index >= 15 is 4.39 Å². The maximum atomic E-state index is 15.8. The number of pyridine rings is 1. The Balaban J connectivity index is 1.13. The molecule has 2 aromatic carbocycles. The summed E-state index contributed by atoms with van der Waals surface area (Å²) in [5.74, 6) is -1.21. The van der Waals surface area contributed by atoms with Gasteiger partial charge in [-0.2, -0.15) is 5.26 Å². The van der Waals surface area contributed by atoms with Gasteiger partial charge in [-0.25, -0.2) is 18.7 Å². The Morgan fingerprint density at radius 3 is 2.64 bits per heavy atom. The summed E-state index contributed by atoms with van der Waals surface area (Å²) in [5.41, 5.74) is 3.12. The number of halogens is 2. The maximum Gasteiger partial charge on any atom is 0.270 e. The van der Waals surface area contributed by atoms with E-state index < -0.39 is 11.6 Å². The molecule has 1 atom stereocenters. The zero-order valence-electron chi connectivity index (χ0n) is 24.3. The number of hydrogen-bond acceptors (Lipinski definition) is 9. The van der Waals surface area contributed by atoms with Crippen molar-refractivity contribution in [3.8, 4) is 17.3 Å². The van der Waals surface area contributed by atoms with Crippen molar-refractivity contribution in [3.05, 3.63) is 64.2 Å². The summed E-state index contributed by atoms with van der Waals surface area (Å²) < 4.78 is 34.8. The number of amides is 2. The van der Waals surface area contributed by atoms with E-state index in [1.54, 1.807) is 24.1 Å². The van der Waals surface area contributed by atoms with Crippen LogP contribution in [0.2, 0.25) is 0 Å². The van der Waals surface area contributed by atoms with Crippen molar-refractivity contribution in [1.82, 2.24) is 20.2 Å². The molecule has 0 aliphatic carbocycles. The van der Waals surface area contributed by atoms with E-state index in [1.807, 2.05) is 11.0 Å². The predicted molar refractivity (Wildman–Crippen MR) is 163 cm³/mol. The standard InChI is InChI=1S/C32H27F2N7O3S/c1-39(31-38-25(24(10-35)45-31)17-2-4-19(33)5-3-17)28-21-8-20(9-23(34)26(21)37-27-22(28)11-36-29(27)42)40-13-32(14-40)15-41(16-32)30(43)18-6-7-44-12-18/h2-5,8-9,18H,6-7,11-16H2,1H3,(H,36,42)/t18-/m0/s1. The molecule has 6 heterocycles. The number of nitriles is 1. The summed E-state index contributed by atoms with van der Waals surface area (Å²) in [6.07, 6.45) is 0.771. The van der Waals surface area contributed by atoms with Crippen molar-refractivity contribution >= 4 is 50.6 Å². The molecule has 2 amide bonds. The van der Waals surface area contributed by atoms with E-state index in [1.165, 1.54) is 18.2 Å². The lowest BCUT2D eigenvalue weighted by atomic mass is 9.72. The first kappa shape index (κ1) is 27.8. The van der Waals surface area contributed by atoms with Gasteiger partial charge >= 0.3 is 0 Å². The fraction of sp³-hybridized carbons (Fsp3) is 0.344. The molecule has 0 radical (unpaired) electrons. The molecule has 10 nitrogen and oxygen atoms in total. The van der Waals surface area contributed by atoms with Gasteiger partial charge in [0, 0.05) is 74.0 Å². The van der Waals surface area contributed by atoms with Gasteiger partial charge in [0.25, 0.3) is 5.91 Å². The van der Waals surface area contributed by atoms with Crippen LogP contribution in [0.15, 0.2) is 36.4 Å². The third kappa shape index (κ3) is 4.42. The Hall–Kier alpha value is -4.67. The fourth-order valence-corrected chi connectivity index (χ4v) is 7.84. The second kappa shape index (κ2) is 10.2. The van der Waals surface area contributed by atoms with Gasteiger partial charge in [0.1, 0.15) is 33.7 Å². The lowest BCUT2D eigenvalue weighted by Gasteiger charge is -2.61. The number of thiazole rings is 1.